The first-order chi connectivity index (χ1) is 14.9. The molecule has 5 N–H and O–H groups in total. The molecule has 3 aliphatic rings. The van der Waals surface area contributed by atoms with E-state index < -0.39 is 0 Å². The van der Waals surface area contributed by atoms with Gasteiger partial charge in [-0.1, -0.05) is 0 Å². The van der Waals surface area contributed by atoms with Crippen LogP contribution in [0.4, 0.5) is 15.5 Å². The molecular formula is C22H36N6O2S. The van der Waals surface area contributed by atoms with Crippen molar-refractivity contribution in [3.8, 4) is 0 Å². The van der Waals surface area contributed by atoms with Crippen molar-refractivity contribution in [1.82, 2.24) is 20.0 Å². The van der Waals surface area contributed by atoms with Crippen LogP contribution in [0.2, 0.25) is 0 Å². The molecule has 0 bridgehead atoms. The third kappa shape index (κ3) is 4.54. The van der Waals surface area contributed by atoms with Gasteiger partial charge < -0.3 is 26.6 Å². The minimum Gasteiger partial charge on any atom is -0.396 e. The van der Waals surface area contributed by atoms with Crippen LogP contribution in [0.5, 0.6) is 0 Å². The summed E-state index contributed by atoms with van der Waals surface area (Å²) in [6.45, 7) is 6.41. The second-order valence-electron chi connectivity index (χ2n) is 9.26. The lowest BCUT2D eigenvalue weighted by atomic mass is 9.74. The number of nitrogen functional groups attached to an aromatic ring is 2. The molecule has 0 saturated carbocycles. The monoisotopic (exact) mass is 448 g/mol. The number of rotatable bonds is 5. The lowest BCUT2D eigenvalue weighted by Crippen LogP contribution is -2.56. The number of thiophene rings is 1. The van der Waals surface area contributed by atoms with Gasteiger partial charge in [0.1, 0.15) is 5.00 Å². The Morgan fingerprint density at radius 2 is 1.97 bits per heavy atom. The van der Waals surface area contributed by atoms with Crippen LogP contribution >= 0.6 is 11.3 Å². The van der Waals surface area contributed by atoms with Crippen molar-refractivity contribution < 1.29 is 9.59 Å². The molecule has 1 aromatic rings. The minimum atomic E-state index is -0.266. The van der Waals surface area contributed by atoms with Crippen molar-refractivity contribution >= 4 is 34.0 Å². The van der Waals surface area contributed by atoms with Crippen LogP contribution in [0.25, 0.3) is 0 Å². The van der Waals surface area contributed by atoms with Crippen molar-refractivity contribution in [2.45, 2.75) is 45.1 Å². The molecule has 172 valence electrons. The van der Waals surface area contributed by atoms with Gasteiger partial charge in [0, 0.05) is 37.1 Å². The number of imide groups is 1. The normalized spacial score (nSPS) is 26.3. The van der Waals surface area contributed by atoms with Crippen molar-refractivity contribution in [2.75, 3.05) is 57.8 Å². The van der Waals surface area contributed by atoms with Crippen LogP contribution in [0.15, 0.2) is 0 Å². The Balaban J connectivity index is 1.47. The van der Waals surface area contributed by atoms with Crippen molar-refractivity contribution in [1.29, 1.82) is 0 Å². The fourth-order valence-corrected chi connectivity index (χ4v) is 6.65. The molecule has 0 spiro atoms. The van der Waals surface area contributed by atoms with Gasteiger partial charge in [-0.2, -0.15) is 0 Å². The summed E-state index contributed by atoms with van der Waals surface area (Å²) in [5, 5.41) is 3.55. The van der Waals surface area contributed by atoms with Crippen LogP contribution in [-0.4, -0.2) is 79.0 Å². The van der Waals surface area contributed by atoms with Gasteiger partial charge in [0.25, 0.3) is 0 Å². The number of hydrogen-bond acceptors (Lipinski definition) is 7. The van der Waals surface area contributed by atoms with E-state index in [0.29, 0.717) is 36.6 Å². The Kier molecular flexibility index (Phi) is 6.74. The fraction of sp³-hybridized carbons (Fsp3) is 0.727. The Morgan fingerprint density at radius 3 is 2.68 bits per heavy atom. The first kappa shape index (κ1) is 22.4. The number of nitrogens with two attached hydrogens (primary N) is 2. The number of carbonyl (C=O) groups is 2. The Bertz CT molecular complexity index is 821. The summed E-state index contributed by atoms with van der Waals surface area (Å²) in [6, 6.07) is 0.133. The van der Waals surface area contributed by atoms with Crippen molar-refractivity contribution in [2.24, 2.45) is 11.8 Å². The van der Waals surface area contributed by atoms with Gasteiger partial charge in [0.05, 0.1) is 11.6 Å². The number of hydrogen-bond donors (Lipinski definition) is 3. The molecule has 2 aliphatic heterocycles. The standard InChI is InChI=1S/C22H36N6O2S/c1-3-25-22(30)28(9-8-27-6-4-5-7-27)21(29)15-10-14-11-16-18(31-20(24)19(16)23)12-17(14)26(2)13-15/h14-15,17H,3-13,23-24H2,1-2H3,(H,25,30)/t14-,15-,17-/m1/s1. The molecule has 31 heavy (non-hydrogen) atoms. The summed E-state index contributed by atoms with van der Waals surface area (Å²) in [6.07, 6.45) is 5.00. The lowest BCUT2D eigenvalue weighted by Gasteiger charge is -2.45. The van der Waals surface area contributed by atoms with E-state index in [1.807, 2.05) is 6.92 Å². The number of anilines is 2. The summed E-state index contributed by atoms with van der Waals surface area (Å²) >= 11 is 1.61. The van der Waals surface area contributed by atoms with E-state index >= 15 is 0 Å². The Hall–Kier alpha value is -1.84. The Morgan fingerprint density at radius 1 is 1.23 bits per heavy atom. The van der Waals surface area contributed by atoms with E-state index in [-0.39, 0.29) is 17.9 Å². The number of nitrogens with zero attached hydrogens (tertiary/aromatic N) is 3. The van der Waals surface area contributed by atoms with Gasteiger partial charge in [-0.15, -0.1) is 11.3 Å². The highest BCUT2D eigenvalue weighted by atomic mass is 32.1. The van der Waals surface area contributed by atoms with Crippen molar-refractivity contribution in [3.05, 3.63) is 10.4 Å². The lowest BCUT2D eigenvalue weighted by molar-refractivity contribution is -0.136. The zero-order valence-corrected chi connectivity index (χ0v) is 19.5. The highest BCUT2D eigenvalue weighted by molar-refractivity contribution is 7.16. The van der Waals surface area contributed by atoms with Gasteiger partial charge in [-0.05, 0) is 70.6 Å². The second-order valence-corrected chi connectivity index (χ2v) is 10.4. The van der Waals surface area contributed by atoms with Crippen LogP contribution in [-0.2, 0) is 17.6 Å². The number of piperidine rings is 1. The molecule has 3 heterocycles. The average Bonchev–Trinajstić information content (AvgIpc) is 3.35. The van der Waals surface area contributed by atoms with E-state index in [4.69, 9.17) is 11.5 Å². The SMILES string of the molecule is CCNC(=O)N(CCN1CCCC1)C(=O)[C@@H]1C[C@@H]2Cc3c(sc(N)c3N)C[C@H]2N(C)C1. The largest absolute Gasteiger partial charge is 0.396 e. The maximum atomic E-state index is 13.5. The van der Waals surface area contributed by atoms with Gasteiger partial charge in [0.2, 0.25) is 5.91 Å². The van der Waals surface area contributed by atoms with Gasteiger partial charge in [-0.25, -0.2) is 4.79 Å². The number of urea groups is 1. The molecule has 2 fully saturated rings. The number of likely N-dealkylation sites (N-methyl/N-ethyl adjacent to an activating group) is 1. The van der Waals surface area contributed by atoms with Crippen LogP contribution < -0.4 is 16.8 Å². The summed E-state index contributed by atoms with van der Waals surface area (Å²) in [5.41, 5.74) is 14.2. The highest BCUT2D eigenvalue weighted by Gasteiger charge is 2.43. The predicted molar refractivity (Wildman–Crippen MR) is 125 cm³/mol. The van der Waals surface area contributed by atoms with E-state index in [1.165, 1.54) is 28.2 Å². The first-order valence-corrected chi connectivity index (χ1v) is 12.4. The van der Waals surface area contributed by atoms with Gasteiger partial charge >= 0.3 is 6.03 Å². The Labute approximate surface area is 188 Å². The van der Waals surface area contributed by atoms with Crippen LogP contribution in [0.1, 0.15) is 36.6 Å². The fourth-order valence-electron chi connectivity index (χ4n) is 5.58. The van der Waals surface area contributed by atoms with E-state index in [9.17, 15) is 9.59 Å². The van der Waals surface area contributed by atoms with Gasteiger partial charge in [-0.3, -0.25) is 9.69 Å². The molecular weight excluding hydrogens is 412 g/mol. The molecule has 4 rings (SSSR count). The number of amides is 3. The zero-order chi connectivity index (χ0) is 22.1. The minimum absolute atomic E-state index is 0.0425. The number of likely N-dealkylation sites (tertiary alicyclic amines) is 2. The van der Waals surface area contributed by atoms with E-state index in [0.717, 1.165) is 44.6 Å². The molecule has 1 aromatic heterocycles. The number of fused-ring (bicyclic) bond motifs is 2. The molecule has 0 aromatic carbocycles. The zero-order valence-electron chi connectivity index (χ0n) is 18.7. The summed E-state index contributed by atoms with van der Waals surface area (Å²) < 4.78 is 0. The summed E-state index contributed by atoms with van der Waals surface area (Å²) in [5.74, 6) is 0.136. The summed E-state index contributed by atoms with van der Waals surface area (Å²) in [4.78, 5) is 33.7. The molecule has 8 nitrogen and oxygen atoms in total. The molecule has 0 radical (unpaired) electrons. The van der Waals surface area contributed by atoms with Gasteiger partial charge in [0.15, 0.2) is 0 Å². The predicted octanol–water partition coefficient (Wildman–Crippen LogP) is 1.60. The second kappa shape index (κ2) is 9.34. The van der Waals surface area contributed by atoms with E-state index in [1.54, 1.807) is 11.3 Å². The topological polar surface area (TPSA) is 108 Å². The molecule has 3 amide bonds. The van der Waals surface area contributed by atoms with Crippen LogP contribution in [0, 0.1) is 11.8 Å². The maximum absolute atomic E-state index is 13.5. The third-order valence-corrected chi connectivity index (χ3v) is 8.35. The smallest absolute Gasteiger partial charge is 0.324 e. The van der Waals surface area contributed by atoms with E-state index in [2.05, 4.69) is 22.2 Å². The maximum Gasteiger partial charge on any atom is 0.324 e. The molecule has 3 atom stereocenters. The third-order valence-electron chi connectivity index (χ3n) is 7.25. The molecule has 2 saturated heterocycles. The number of carbonyl (C=O) groups excluding carboxylic acids is 2. The average molecular weight is 449 g/mol. The first-order valence-electron chi connectivity index (χ1n) is 11.6. The summed E-state index contributed by atoms with van der Waals surface area (Å²) in [7, 11) is 2.10. The number of nitrogens with one attached hydrogen (secondary N) is 1. The quantitative estimate of drug-likeness (QED) is 0.632. The molecule has 0 unspecified atom stereocenters. The molecule has 9 heteroatoms. The molecule has 1 aliphatic carbocycles. The highest BCUT2D eigenvalue weighted by Crippen LogP contribution is 2.44. The van der Waals surface area contributed by atoms with Crippen LogP contribution in [0.3, 0.4) is 0 Å². The van der Waals surface area contributed by atoms with Crippen molar-refractivity contribution in [3.63, 3.8) is 0 Å².